The van der Waals surface area contributed by atoms with E-state index in [0.717, 1.165) is 19.4 Å². The summed E-state index contributed by atoms with van der Waals surface area (Å²) in [7, 11) is 0. The third-order valence-electron chi connectivity index (χ3n) is 3.86. The third kappa shape index (κ3) is 4.85. The highest BCUT2D eigenvalue weighted by molar-refractivity contribution is 9.10. The molecule has 0 saturated heterocycles. The van der Waals surface area contributed by atoms with Gasteiger partial charge in [-0.25, -0.2) is 4.68 Å². The molecule has 0 spiro atoms. The Bertz CT molecular complexity index is 948. The monoisotopic (exact) mass is 430 g/mol. The van der Waals surface area contributed by atoms with Gasteiger partial charge in [0, 0.05) is 23.9 Å². The molecule has 8 heteroatoms. The lowest BCUT2D eigenvalue weighted by Crippen LogP contribution is -2.17. The lowest BCUT2D eigenvalue weighted by molar-refractivity contribution is 0.0992. The Labute approximate surface area is 164 Å². The molecule has 0 radical (unpaired) electrons. The van der Waals surface area contributed by atoms with Gasteiger partial charge in [0.1, 0.15) is 5.82 Å². The number of hydrogen-bond donors (Lipinski definition) is 2. The van der Waals surface area contributed by atoms with Crippen LogP contribution in [0.5, 0.6) is 0 Å². The van der Waals surface area contributed by atoms with Crippen molar-refractivity contribution in [1.82, 2.24) is 9.78 Å². The smallest absolute Gasteiger partial charge is 0.291 e. The number of unbranched alkanes of at least 4 members (excludes halogenated alkanes) is 1. The number of rotatable bonds is 7. The van der Waals surface area contributed by atoms with Crippen LogP contribution in [0.4, 0.5) is 11.5 Å². The summed E-state index contributed by atoms with van der Waals surface area (Å²) in [5.74, 6) is 0.154. The first-order valence-electron chi connectivity index (χ1n) is 8.56. The molecule has 140 valence electrons. The number of carbonyl (C=O) groups is 2. The van der Waals surface area contributed by atoms with E-state index in [-0.39, 0.29) is 11.7 Å². The maximum atomic E-state index is 12.6. The minimum atomic E-state index is -0.393. The molecule has 0 fully saturated rings. The fourth-order valence-corrected chi connectivity index (χ4v) is 2.79. The first-order valence-corrected chi connectivity index (χ1v) is 9.36. The molecule has 7 nitrogen and oxygen atoms in total. The topological polar surface area (TPSA) is 89.2 Å². The molecule has 3 aromatic rings. The fourth-order valence-electron chi connectivity index (χ4n) is 2.48. The first-order chi connectivity index (χ1) is 13.1. The molecule has 2 amide bonds. The van der Waals surface area contributed by atoms with Crippen LogP contribution in [-0.4, -0.2) is 21.6 Å². The number of aromatic nitrogens is 2. The number of benzene rings is 1. The second-order valence-corrected chi connectivity index (χ2v) is 6.67. The third-order valence-corrected chi connectivity index (χ3v) is 4.29. The minimum Gasteiger partial charge on any atom is -0.444 e. The number of amides is 2. The van der Waals surface area contributed by atoms with E-state index >= 15 is 0 Å². The average molecular weight is 431 g/mol. The molecule has 0 aliphatic heterocycles. The molecule has 0 aliphatic carbocycles. The van der Waals surface area contributed by atoms with Crippen molar-refractivity contribution < 1.29 is 14.0 Å². The molecule has 0 unspecified atom stereocenters. The van der Waals surface area contributed by atoms with Crippen molar-refractivity contribution in [1.29, 1.82) is 0 Å². The van der Waals surface area contributed by atoms with Crippen LogP contribution in [0.15, 0.2) is 57.7 Å². The molecule has 2 N–H and O–H groups in total. The molecule has 0 bridgehead atoms. The van der Waals surface area contributed by atoms with Gasteiger partial charge in [-0.05, 0) is 52.7 Å². The number of anilines is 2. The van der Waals surface area contributed by atoms with Gasteiger partial charge < -0.3 is 15.1 Å². The van der Waals surface area contributed by atoms with E-state index in [1.54, 1.807) is 53.3 Å². The molecule has 0 aliphatic rings. The summed E-state index contributed by atoms with van der Waals surface area (Å²) in [4.78, 5) is 24.7. The molecular formula is C19H19BrN4O3. The number of aryl methyl sites for hydroxylation is 1. The van der Waals surface area contributed by atoms with Crippen LogP contribution >= 0.6 is 15.9 Å². The van der Waals surface area contributed by atoms with Crippen LogP contribution in [0.3, 0.4) is 0 Å². The SMILES string of the molecule is CCCCn1nccc1NC(=O)c1cccc(NC(=O)c2ccc(Br)o2)c1. The normalized spacial score (nSPS) is 10.6. The van der Waals surface area contributed by atoms with Crippen molar-refractivity contribution in [2.45, 2.75) is 26.3 Å². The highest BCUT2D eigenvalue weighted by Crippen LogP contribution is 2.18. The van der Waals surface area contributed by atoms with E-state index in [1.165, 1.54) is 0 Å². The van der Waals surface area contributed by atoms with Crippen molar-refractivity contribution >= 4 is 39.2 Å². The molecule has 1 aromatic carbocycles. The predicted molar refractivity (Wildman–Crippen MR) is 106 cm³/mol. The largest absolute Gasteiger partial charge is 0.444 e. The first kappa shape index (κ1) is 18.9. The van der Waals surface area contributed by atoms with Gasteiger partial charge in [-0.3, -0.25) is 9.59 Å². The molecule has 3 rings (SSSR count). The summed E-state index contributed by atoms with van der Waals surface area (Å²) in [5.41, 5.74) is 0.927. The highest BCUT2D eigenvalue weighted by atomic mass is 79.9. The maximum absolute atomic E-state index is 12.6. The number of halogens is 1. The Morgan fingerprint density at radius 1 is 1.15 bits per heavy atom. The van der Waals surface area contributed by atoms with Crippen LogP contribution < -0.4 is 10.6 Å². The second kappa shape index (κ2) is 8.68. The van der Waals surface area contributed by atoms with E-state index in [4.69, 9.17) is 4.42 Å². The van der Waals surface area contributed by atoms with E-state index in [1.807, 2.05) is 0 Å². The quantitative estimate of drug-likeness (QED) is 0.575. The number of nitrogens with one attached hydrogen (secondary N) is 2. The Hall–Kier alpha value is -2.87. The summed E-state index contributed by atoms with van der Waals surface area (Å²) < 4.78 is 7.46. The number of furan rings is 1. The van der Waals surface area contributed by atoms with Gasteiger partial charge in [-0.1, -0.05) is 19.4 Å². The Balaban J connectivity index is 1.68. The predicted octanol–water partition coefficient (Wildman–Crippen LogP) is 4.54. The zero-order valence-corrected chi connectivity index (χ0v) is 16.3. The average Bonchev–Trinajstić information content (AvgIpc) is 3.29. The van der Waals surface area contributed by atoms with Crippen molar-refractivity contribution in [2.24, 2.45) is 0 Å². The molecule has 0 saturated carbocycles. The van der Waals surface area contributed by atoms with Gasteiger partial charge in [0.25, 0.3) is 11.8 Å². The maximum Gasteiger partial charge on any atom is 0.291 e. The van der Waals surface area contributed by atoms with Crippen LogP contribution in [0.2, 0.25) is 0 Å². The van der Waals surface area contributed by atoms with Crippen LogP contribution in [0.25, 0.3) is 0 Å². The zero-order valence-electron chi connectivity index (χ0n) is 14.7. The van der Waals surface area contributed by atoms with E-state index in [0.29, 0.717) is 21.7 Å². The molecule has 0 atom stereocenters. The van der Waals surface area contributed by atoms with Crippen molar-refractivity contribution in [2.75, 3.05) is 10.6 Å². The molecular weight excluding hydrogens is 412 g/mol. The summed E-state index contributed by atoms with van der Waals surface area (Å²) >= 11 is 3.16. The van der Waals surface area contributed by atoms with E-state index in [2.05, 4.69) is 38.6 Å². The van der Waals surface area contributed by atoms with Crippen molar-refractivity contribution in [3.8, 4) is 0 Å². The zero-order chi connectivity index (χ0) is 19.2. The Morgan fingerprint density at radius 3 is 2.74 bits per heavy atom. The van der Waals surface area contributed by atoms with Gasteiger partial charge in [0.05, 0.1) is 6.20 Å². The van der Waals surface area contributed by atoms with Gasteiger partial charge in [0.15, 0.2) is 10.4 Å². The molecule has 27 heavy (non-hydrogen) atoms. The lowest BCUT2D eigenvalue weighted by atomic mass is 10.2. The van der Waals surface area contributed by atoms with E-state index < -0.39 is 5.91 Å². The number of hydrogen-bond acceptors (Lipinski definition) is 4. The van der Waals surface area contributed by atoms with Crippen LogP contribution in [0.1, 0.15) is 40.7 Å². The van der Waals surface area contributed by atoms with Crippen molar-refractivity contribution in [3.05, 3.63) is 64.7 Å². The second-order valence-electron chi connectivity index (χ2n) is 5.89. The van der Waals surface area contributed by atoms with Crippen LogP contribution in [-0.2, 0) is 6.54 Å². The van der Waals surface area contributed by atoms with Gasteiger partial charge in [-0.15, -0.1) is 0 Å². The van der Waals surface area contributed by atoms with Crippen molar-refractivity contribution in [3.63, 3.8) is 0 Å². The number of nitrogens with zero attached hydrogens (tertiary/aromatic N) is 2. The lowest BCUT2D eigenvalue weighted by Gasteiger charge is -2.10. The summed E-state index contributed by atoms with van der Waals surface area (Å²) in [6, 6.07) is 11.7. The summed E-state index contributed by atoms with van der Waals surface area (Å²) in [5, 5.41) is 9.79. The van der Waals surface area contributed by atoms with E-state index in [9.17, 15) is 9.59 Å². The Kier molecular flexibility index (Phi) is 6.08. The summed E-state index contributed by atoms with van der Waals surface area (Å²) in [6.45, 7) is 2.84. The molecule has 2 heterocycles. The van der Waals surface area contributed by atoms with Gasteiger partial charge >= 0.3 is 0 Å². The fraction of sp³-hybridized carbons (Fsp3) is 0.211. The standard InChI is InChI=1S/C19H19BrN4O3/c1-2-3-11-24-17(9-10-21-24)23-18(25)13-5-4-6-14(12-13)22-19(26)15-7-8-16(20)27-15/h4-10,12H,2-3,11H2,1H3,(H,22,26)(H,23,25). The van der Waals surface area contributed by atoms with Crippen LogP contribution in [0, 0.1) is 0 Å². The van der Waals surface area contributed by atoms with Gasteiger partial charge in [0.2, 0.25) is 0 Å². The summed E-state index contributed by atoms with van der Waals surface area (Å²) in [6.07, 6.45) is 3.68. The highest BCUT2D eigenvalue weighted by Gasteiger charge is 2.13. The van der Waals surface area contributed by atoms with Gasteiger partial charge in [-0.2, -0.15) is 5.10 Å². The Morgan fingerprint density at radius 2 is 2.00 bits per heavy atom. The number of carbonyl (C=O) groups excluding carboxylic acids is 2. The minimum absolute atomic E-state index is 0.177. The molecule has 2 aromatic heterocycles.